The fourth-order valence-electron chi connectivity index (χ4n) is 3.07. The lowest BCUT2D eigenvalue weighted by Crippen LogP contribution is -2.34. The molecule has 0 spiro atoms. The molecule has 2 aliphatic heterocycles. The molecule has 86 valence electrons. The van der Waals surface area contributed by atoms with E-state index in [4.69, 9.17) is 0 Å². The van der Waals surface area contributed by atoms with Crippen LogP contribution in [0.3, 0.4) is 0 Å². The third kappa shape index (κ3) is 1.44. The van der Waals surface area contributed by atoms with Crippen molar-refractivity contribution in [3.8, 4) is 0 Å². The molecule has 1 saturated carbocycles. The van der Waals surface area contributed by atoms with Gasteiger partial charge in [0.2, 0.25) is 0 Å². The van der Waals surface area contributed by atoms with Gasteiger partial charge in [0.15, 0.2) is 0 Å². The van der Waals surface area contributed by atoms with E-state index in [1.54, 1.807) is 11.1 Å². The Morgan fingerprint density at radius 3 is 3.12 bits per heavy atom. The smallest absolute Gasteiger partial charge is 0.0458 e. The summed E-state index contributed by atoms with van der Waals surface area (Å²) in [5, 5.41) is 3.57. The summed E-state index contributed by atoms with van der Waals surface area (Å²) in [7, 11) is 0. The summed E-state index contributed by atoms with van der Waals surface area (Å²) in [4.78, 5) is 2.42. The van der Waals surface area contributed by atoms with Crippen LogP contribution in [0.15, 0.2) is 34.4 Å². The zero-order valence-corrected chi connectivity index (χ0v) is 10.6. The molecule has 1 aliphatic carbocycles. The lowest BCUT2D eigenvalue weighted by Gasteiger charge is -2.33. The largest absolute Gasteiger partial charge is 0.343 e. The van der Waals surface area contributed by atoms with Gasteiger partial charge >= 0.3 is 0 Å². The van der Waals surface area contributed by atoms with Crippen molar-refractivity contribution in [2.45, 2.75) is 25.7 Å². The van der Waals surface area contributed by atoms with Crippen LogP contribution in [0, 0.1) is 0 Å². The van der Waals surface area contributed by atoms with E-state index in [2.05, 4.69) is 34.7 Å². The number of hydrogen-bond donors (Lipinski definition) is 0. The van der Waals surface area contributed by atoms with Crippen LogP contribution in [0.4, 0.5) is 0 Å². The van der Waals surface area contributed by atoms with Crippen molar-refractivity contribution in [1.82, 2.24) is 4.90 Å². The van der Waals surface area contributed by atoms with Crippen LogP contribution in [0.2, 0.25) is 0 Å². The fourth-order valence-corrected chi connectivity index (χ4v) is 3.86. The zero-order chi connectivity index (χ0) is 11.2. The summed E-state index contributed by atoms with van der Waals surface area (Å²) in [6.07, 6.45) is 12.4. The molecule has 4 rings (SSSR count). The van der Waals surface area contributed by atoms with E-state index in [0.717, 1.165) is 6.54 Å². The molecule has 0 radical (unpaired) electrons. The maximum absolute atomic E-state index is 2.43. The van der Waals surface area contributed by atoms with E-state index >= 15 is 0 Å². The average molecular weight is 241 g/mol. The number of thiophene rings is 1. The average Bonchev–Trinajstić information content (AvgIpc) is 2.83. The van der Waals surface area contributed by atoms with E-state index in [9.17, 15) is 0 Å². The molecule has 0 saturated heterocycles. The molecule has 1 aromatic heterocycles. The molecule has 1 aromatic rings. The topological polar surface area (TPSA) is 3.24 Å². The highest BCUT2D eigenvalue weighted by molar-refractivity contribution is 7.07. The van der Waals surface area contributed by atoms with E-state index in [1.165, 1.54) is 41.1 Å². The van der Waals surface area contributed by atoms with Crippen molar-refractivity contribution in [1.29, 1.82) is 0 Å². The van der Waals surface area contributed by atoms with Gasteiger partial charge in [-0.15, -0.1) is 11.3 Å². The molecule has 1 nitrogen and oxygen atoms in total. The van der Waals surface area contributed by atoms with Gasteiger partial charge in [0.1, 0.15) is 0 Å². The van der Waals surface area contributed by atoms with Gasteiger partial charge in [-0.25, -0.2) is 0 Å². The van der Waals surface area contributed by atoms with Crippen LogP contribution in [0.25, 0.3) is 12.3 Å². The predicted molar refractivity (Wildman–Crippen MR) is 72.8 cm³/mol. The van der Waals surface area contributed by atoms with Crippen molar-refractivity contribution >= 4 is 23.6 Å². The van der Waals surface area contributed by atoms with Gasteiger partial charge in [-0.1, -0.05) is 6.08 Å². The summed E-state index contributed by atoms with van der Waals surface area (Å²) in [5.41, 5.74) is 4.70. The van der Waals surface area contributed by atoms with E-state index in [-0.39, 0.29) is 0 Å². The van der Waals surface area contributed by atoms with Crippen LogP contribution in [-0.4, -0.2) is 11.4 Å². The molecule has 0 atom stereocenters. The number of allylic oxidation sites excluding steroid dienone is 3. The molecule has 3 aliphatic rings. The first-order valence-electron chi connectivity index (χ1n) is 6.38. The summed E-state index contributed by atoms with van der Waals surface area (Å²) in [6, 6.07) is 2.22. The number of fused-ring (bicyclic) bond motifs is 3. The van der Waals surface area contributed by atoms with Crippen LogP contribution in [0.5, 0.6) is 0 Å². The first-order chi connectivity index (χ1) is 8.42. The van der Waals surface area contributed by atoms with Crippen LogP contribution < -0.4 is 9.75 Å². The Morgan fingerprint density at radius 1 is 1.18 bits per heavy atom. The van der Waals surface area contributed by atoms with Crippen molar-refractivity contribution < 1.29 is 0 Å². The molecule has 2 heteroatoms. The van der Waals surface area contributed by atoms with Crippen LogP contribution in [0.1, 0.15) is 25.7 Å². The van der Waals surface area contributed by atoms with Crippen molar-refractivity contribution in [3.05, 3.63) is 44.1 Å². The second-order valence-corrected chi connectivity index (χ2v) is 5.91. The van der Waals surface area contributed by atoms with Gasteiger partial charge in [0, 0.05) is 28.2 Å². The molecule has 0 amide bonds. The van der Waals surface area contributed by atoms with Crippen molar-refractivity contribution in [2.24, 2.45) is 0 Å². The minimum Gasteiger partial charge on any atom is -0.343 e. The summed E-state index contributed by atoms with van der Waals surface area (Å²) in [6.45, 7) is 1.06. The molecular weight excluding hydrogens is 226 g/mol. The summed E-state index contributed by atoms with van der Waals surface area (Å²) < 4.78 is 1.43. The fraction of sp³-hybridized carbons (Fsp3) is 0.333. The van der Waals surface area contributed by atoms with E-state index < -0.39 is 0 Å². The lowest BCUT2D eigenvalue weighted by atomic mass is 9.85. The third-order valence-corrected chi connectivity index (χ3v) is 4.83. The highest BCUT2D eigenvalue weighted by Gasteiger charge is 2.23. The quantitative estimate of drug-likeness (QED) is 0.674. The van der Waals surface area contributed by atoms with E-state index in [0.29, 0.717) is 0 Å². The first kappa shape index (κ1) is 9.72. The van der Waals surface area contributed by atoms with Crippen LogP contribution >= 0.6 is 11.3 Å². The van der Waals surface area contributed by atoms with Gasteiger partial charge in [-0.3, -0.25) is 0 Å². The molecule has 1 fully saturated rings. The predicted octanol–water partition coefficient (Wildman–Crippen LogP) is 2.35. The highest BCUT2D eigenvalue weighted by Crippen LogP contribution is 2.36. The summed E-state index contributed by atoms with van der Waals surface area (Å²) in [5.74, 6) is 0. The molecule has 0 N–H and O–H groups in total. The number of rotatable bonds is 0. The second-order valence-electron chi connectivity index (χ2n) is 4.97. The highest BCUT2D eigenvalue weighted by atomic mass is 32.1. The molecule has 17 heavy (non-hydrogen) atoms. The Bertz CT molecular complexity index is 645. The Kier molecular flexibility index (Phi) is 2.06. The van der Waals surface area contributed by atoms with Crippen molar-refractivity contribution in [3.63, 3.8) is 0 Å². The third-order valence-electron chi connectivity index (χ3n) is 3.95. The Hall–Kier alpha value is -1.28. The minimum absolute atomic E-state index is 1.06. The zero-order valence-electron chi connectivity index (χ0n) is 9.78. The van der Waals surface area contributed by atoms with Crippen molar-refractivity contribution in [2.75, 3.05) is 6.54 Å². The Labute approximate surface area is 105 Å². The number of hydrogen-bond acceptors (Lipinski definition) is 2. The van der Waals surface area contributed by atoms with E-state index in [1.807, 2.05) is 11.3 Å². The SMILES string of the molecule is C1=C2CCCCC2=C2C=c3sccc3=CN2C1. The van der Waals surface area contributed by atoms with Gasteiger partial charge in [-0.05, 0) is 54.4 Å². The van der Waals surface area contributed by atoms with Gasteiger partial charge in [-0.2, -0.15) is 0 Å². The van der Waals surface area contributed by atoms with Gasteiger partial charge in [0.25, 0.3) is 0 Å². The minimum atomic E-state index is 1.06. The standard InChI is InChI=1S/C15H15NS/c1-2-4-13-11(3-1)5-7-16-10-12-6-8-17-15(12)9-14(13)16/h5-6,8-10H,1-4,7H2. The van der Waals surface area contributed by atoms with Gasteiger partial charge < -0.3 is 4.90 Å². The molecule has 0 bridgehead atoms. The summed E-state index contributed by atoms with van der Waals surface area (Å²) >= 11 is 1.85. The second kappa shape index (κ2) is 3.61. The van der Waals surface area contributed by atoms with Crippen LogP contribution in [-0.2, 0) is 0 Å². The maximum atomic E-state index is 2.43. The monoisotopic (exact) mass is 241 g/mol. The molecule has 0 aromatic carbocycles. The molecule has 3 heterocycles. The maximum Gasteiger partial charge on any atom is 0.0458 e. The molecule has 0 unspecified atom stereocenters. The Morgan fingerprint density at radius 2 is 2.12 bits per heavy atom. The number of nitrogens with zero attached hydrogens (tertiary/aromatic N) is 1. The Balaban J connectivity index is 1.95. The lowest BCUT2D eigenvalue weighted by molar-refractivity contribution is 0.538. The van der Waals surface area contributed by atoms with Gasteiger partial charge in [0.05, 0.1) is 0 Å². The normalized spacial score (nSPS) is 21.9. The molecular formula is C15H15NS. The first-order valence-corrected chi connectivity index (χ1v) is 7.26.